The minimum Gasteiger partial charge on any atom is -0.464 e. The summed E-state index contributed by atoms with van der Waals surface area (Å²) in [5, 5.41) is 3.78. The third-order valence-corrected chi connectivity index (χ3v) is 3.25. The summed E-state index contributed by atoms with van der Waals surface area (Å²) >= 11 is 9.27. The summed E-state index contributed by atoms with van der Waals surface area (Å²) in [6, 6.07) is 5.59. The second-order valence-electron chi connectivity index (χ2n) is 3.41. The summed E-state index contributed by atoms with van der Waals surface area (Å²) in [5.74, 6) is -0.343. The molecule has 0 heterocycles. The number of hydrogen-bond donors (Lipinski definition) is 1. The van der Waals surface area contributed by atoms with Crippen LogP contribution in [0.2, 0.25) is 5.02 Å². The van der Waals surface area contributed by atoms with Gasteiger partial charge in [-0.15, -0.1) is 0 Å². The summed E-state index contributed by atoms with van der Waals surface area (Å²) in [7, 11) is 0. The van der Waals surface area contributed by atoms with E-state index in [1.807, 2.05) is 18.2 Å². The van der Waals surface area contributed by atoms with Crippen molar-refractivity contribution in [1.29, 1.82) is 0 Å². The fraction of sp³-hybridized carbons (Fsp3) is 0.417. The highest BCUT2D eigenvalue weighted by molar-refractivity contribution is 9.10. The number of ether oxygens (including phenoxy) is 2. The maximum absolute atomic E-state index is 11.0. The smallest absolute Gasteiger partial charge is 0.332 e. The molecule has 1 N–H and O–H groups in total. The van der Waals surface area contributed by atoms with Crippen LogP contribution in [0.4, 0.5) is 5.69 Å². The van der Waals surface area contributed by atoms with Gasteiger partial charge in [0.05, 0.1) is 18.2 Å². The van der Waals surface area contributed by atoms with Gasteiger partial charge in [-0.05, 0) is 41.1 Å². The van der Waals surface area contributed by atoms with Gasteiger partial charge >= 0.3 is 5.97 Å². The van der Waals surface area contributed by atoms with Crippen LogP contribution in [0.15, 0.2) is 22.7 Å². The second-order valence-corrected chi connectivity index (χ2v) is 4.67. The fourth-order valence-electron chi connectivity index (χ4n) is 1.23. The molecular formula is C12H15BrClNO3. The number of benzene rings is 1. The van der Waals surface area contributed by atoms with E-state index < -0.39 is 0 Å². The van der Waals surface area contributed by atoms with E-state index in [0.29, 0.717) is 24.8 Å². The first-order valence-corrected chi connectivity index (χ1v) is 6.73. The molecule has 100 valence electrons. The Balaban J connectivity index is 2.18. The molecule has 0 fully saturated rings. The van der Waals surface area contributed by atoms with Crippen LogP contribution in [0.1, 0.15) is 6.92 Å². The van der Waals surface area contributed by atoms with Crippen LogP contribution in [0.3, 0.4) is 0 Å². The number of carbonyl (C=O) groups is 1. The van der Waals surface area contributed by atoms with Crippen molar-refractivity contribution in [3.8, 4) is 0 Å². The van der Waals surface area contributed by atoms with E-state index in [2.05, 4.69) is 21.2 Å². The minimum absolute atomic E-state index is 0.0172. The molecule has 1 rings (SSSR count). The number of esters is 1. The van der Waals surface area contributed by atoms with Gasteiger partial charge in [0.1, 0.15) is 6.61 Å². The summed E-state index contributed by atoms with van der Waals surface area (Å²) in [6.07, 6.45) is 0. The lowest BCUT2D eigenvalue weighted by Gasteiger charge is -2.08. The first-order chi connectivity index (χ1) is 8.63. The zero-order chi connectivity index (χ0) is 13.4. The zero-order valence-corrected chi connectivity index (χ0v) is 12.4. The normalized spacial score (nSPS) is 10.2. The quantitative estimate of drug-likeness (QED) is 0.614. The number of carbonyl (C=O) groups excluding carboxylic acids is 1. The molecule has 0 aliphatic heterocycles. The fourth-order valence-corrected chi connectivity index (χ4v) is 1.66. The predicted octanol–water partition coefficient (Wildman–Crippen LogP) is 3.09. The molecule has 18 heavy (non-hydrogen) atoms. The van der Waals surface area contributed by atoms with E-state index in [0.717, 1.165) is 10.2 Å². The third-order valence-electron chi connectivity index (χ3n) is 2.02. The Labute approximate surface area is 120 Å². The lowest BCUT2D eigenvalue weighted by molar-refractivity contribution is -0.148. The molecule has 0 atom stereocenters. The molecule has 0 amide bonds. The van der Waals surface area contributed by atoms with Gasteiger partial charge < -0.3 is 14.8 Å². The molecular weight excluding hydrogens is 321 g/mol. The molecule has 0 spiro atoms. The SMILES string of the molecule is CCOC(=O)COCCNc1ccc(Br)c(Cl)c1. The van der Waals surface area contributed by atoms with Crippen LogP contribution in [0.25, 0.3) is 0 Å². The van der Waals surface area contributed by atoms with Gasteiger partial charge in [-0.25, -0.2) is 4.79 Å². The molecule has 0 radical (unpaired) electrons. The first kappa shape index (κ1) is 15.3. The Hall–Kier alpha value is -0.780. The molecule has 4 nitrogen and oxygen atoms in total. The zero-order valence-electron chi connectivity index (χ0n) is 10.0. The molecule has 1 aromatic carbocycles. The van der Waals surface area contributed by atoms with E-state index in [-0.39, 0.29) is 12.6 Å². The van der Waals surface area contributed by atoms with Crippen molar-refractivity contribution >= 4 is 39.2 Å². The molecule has 0 aliphatic rings. The van der Waals surface area contributed by atoms with Crippen LogP contribution in [0.5, 0.6) is 0 Å². The lowest BCUT2D eigenvalue weighted by Crippen LogP contribution is -2.16. The highest BCUT2D eigenvalue weighted by Crippen LogP contribution is 2.25. The van der Waals surface area contributed by atoms with Crippen LogP contribution in [0, 0.1) is 0 Å². The average Bonchev–Trinajstić information content (AvgIpc) is 2.33. The highest BCUT2D eigenvalue weighted by atomic mass is 79.9. The number of hydrogen-bond acceptors (Lipinski definition) is 4. The predicted molar refractivity (Wildman–Crippen MR) is 75.1 cm³/mol. The van der Waals surface area contributed by atoms with Gasteiger partial charge in [0, 0.05) is 16.7 Å². The van der Waals surface area contributed by atoms with Gasteiger partial charge in [0.15, 0.2) is 0 Å². The van der Waals surface area contributed by atoms with Crippen molar-refractivity contribution in [3.05, 3.63) is 27.7 Å². The van der Waals surface area contributed by atoms with Crippen LogP contribution >= 0.6 is 27.5 Å². The summed E-state index contributed by atoms with van der Waals surface area (Å²) in [5.41, 5.74) is 0.905. The summed E-state index contributed by atoms with van der Waals surface area (Å²) in [4.78, 5) is 11.0. The van der Waals surface area contributed by atoms with Crippen LogP contribution in [-0.4, -0.2) is 32.3 Å². The van der Waals surface area contributed by atoms with Crippen molar-refractivity contribution in [1.82, 2.24) is 0 Å². The van der Waals surface area contributed by atoms with Gasteiger partial charge in [-0.2, -0.15) is 0 Å². The Bertz CT molecular complexity index is 401. The summed E-state index contributed by atoms with van der Waals surface area (Å²) in [6.45, 7) is 3.13. The Morgan fingerprint density at radius 2 is 2.28 bits per heavy atom. The van der Waals surface area contributed by atoms with Gasteiger partial charge in [-0.1, -0.05) is 11.6 Å². The highest BCUT2D eigenvalue weighted by Gasteiger charge is 2.01. The Kier molecular flexibility index (Phi) is 7.08. The maximum Gasteiger partial charge on any atom is 0.332 e. The van der Waals surface area contributed by atoms with Crippen molar-refractivity contribution in [2.45, 2.75) is 6.92 Å². The van der Waals surface area contributed by atoms with Gasteiger partial charge in [0.25, 0.3) is 0 Å². The third kappa shape index (κ3) is 5.71. The van der Waals surface area contributed by atoms with Crippen molar-refractivity contribution in [2.24, 2.45) is 0 Å². The maximum atomic E-state index is 11.0. The van der Waals surface area contributed by atoms with E-state index >= 15 is 0 Å². The first-order valence-electron chi connectivity index (χ1n) is 5.55. The number of anilines is 1. The van der Waals surface area contributed by atoms with Crippen molar-refractivity contribution < 1.29 is 14.3 Å². The van der Waals surface area contributed by atoms with Crippen LogP contribution < -0.4 is 5.32 Å². The van der Waals surface area contributed by atoms with Gasteiger partial charge in [-0.3, -0.25) is 0 Å². The second kappa shape index (κ2) is 8.34. The Morgan fingerprint density at radius 1 is 1.50 bits per heavy atom. The summed E-state index contributed by atoms with van der Waals surface area (Å²) < 4.78 is 10.7. The molecule has 0 saturated heterocycles. The van der Waals surface area contributed by atoms with Gasteiger partial charge in [0.2, 0.25) is 0 Å². The average molecular weight is 337 g/mol. The standard InChI is InChI=1S/C12H15BrClNO3/c1-2-18-12(16)8-17-6-5-15-9-3-4-10(13)11(14)7-9/h3-4,7,15H,2,5-6,8H2,1H3. The van der Waals surface area contributed by atoms with E-state index in [9.17, 15) is 4.79 Å². The van der Waals surface area contributed by atoms with Crippen molar-refractivity contribution in [3.63, 3.8) is 0 Å². The molecule has 6 heteroatoms. The molecule has 0 saturated carbocycles. The Morgan fingerprint density at radius 3 is 2.94 bits per heavy atom. The number of rotatable bonds is 7. The monoisotopic (exact) mass is 335 g/mol. The van der Waals surface area contributed by atoms with E-state index in [1.54, 1.807) is 6.92 Å². The number of nitrogens with one attached hydrogen (secondary N) is 1. The minimum atomic E-state index is -0.343. The van der Waals surface area contributed by atoms with Crippen LogP contribution in [-0.2, 0) is 14.3 Å². The van der Waals surface area contributed by atoms with Crippen molar-refractivity contribution in [2.75, 3.05) is 31.7 Å². The lowest BCUT2D eigenvalue weighted by atomic mass is 10.3. The molecule has 0 unspecified atom stereocenters. The van der Waals surface area contributed by atoms with E-state index in [4.69, 9.17) is 21.1 Å². The topological polar surface area (TPSA) is 47.6 Å². The molecule has 1 aromatic rings. The molecule has 0 aliphatic carbocycles. The largest absolute Gasteiger partial charge is 0.464 e. The molecule has 0 aromatic heterocycles. The van der Waals surface area contributed by atoms with E-state index in [1.165, 1.54) is 0 Å². The molecule has 0 bridgehead atoms. The number of halogens is 2.